The predicted octanol–water partition coefficient (Wildman–Crippen LogP) is 4.52. The van der Waals surface area contributed by atoms with Gasteiger partial charge < -0.3 is 10.5 Å². The molecule has 0 saturated carbocycles. The molecule has 0 bridgehead atoms. The first kappa shape index (κ1) is 17.6. The van der Waals surface area contributed by atoms with Gasteiger partial charge in [0.15, 0.2) is 0 Å². The summed E-state index contributed by atoms with van der Waals surface area (Å²) in [5.41, 5.74) is 4.30. The van der Waals surface area contributed by atoms with E-state index in [-0.39, 0.29) is 28.4 Å². The van der Waals surface area contributed by atoms with E-state index in [1.165, 1.54) is 0 Å². The standard InChI is InChI=1S/C17H15F5N2O/c18-10-1-2-13(19)11(7-10)12-8-14(17(20,21)22)24-16(15(12)23)9-3-5-25-6-4-9/h1-2,7-9H,3-6,23H2. The first-order valence-corrected chi connectivity index (χ1v) is 7.68. The molecule has 1 saturated heterocycles. The van der Waals surface area contributed by atoms with Crippen LogP contribution in [0.3, 0.4) is 0 Å². The van der Waals surface area contributed by atoms with Gasteiger partial charge in [0.1, 0.15) is 17.3 Å². The number of anilines is 1. The van der Waals surface area contributed by atoms with Crippen molar-refractivity contribution >= 4 is 5.69 Å². The van der Waals surface area contributed by atoms with Crippen LogP contribution in [0, 0.1) is 11.6 Å². The maximum Gasteiger partial charge on any atom is 0.433 e. The quantitative estimate of drug-likeness (QED) is 0.803. The second-order valence-electron chi connectivity index (χ2n) is 5.86. The van der Waals surface area contributed by atoms with Crippen molar-refractivity contribution in [2.75, 3.05) is 18.9 Å². The molecule has 0 unspecified atom stereocenters. The Labute approximate surface area is 140 Å². The van der Waals surface area contributed by atoms with Gasteiger partial charge in [0.25, 0.3) is 0 Å². The summed E-state index contributed by atoms with van der Waals surface area (Å²) in [6, 6.07) is 3.23. The average Bonchev–Trinajstić information content (AvgIpc) is 2.57. The van der Waals surface area contributed by atoms with Crippen LogP contribution in [0.25, 0.3) is 11.1 Å². The van der Waals surface area contributed by atoms with Gasteiger partial charge >= 0.3 is 6.18 Å². The summed E-state index contributed by atoms with van der Waals surface area (Å²) >= 11 is 0. The summed E-state index contributed by atoms with van der Waals surface area (Å²) in [4.78, 5) is 3.68. The van der Waals surface area contributed by atoms with E-state index in [4.69, 9.17) is 10.5 Å². The summed E-state index contributed by atoms with van der Waals surface area (Å²) in [5, 5.41) is 0. The number of aromatic nitrogens is 1. The van der Waals surface area contributed by atoms with E-state index in [1.54, 1.807) is 0 Å². The molecule has 1 aromatic heterocycles. The van der Waals surface area contributed by atoms with Crippen LogP contribution in [0.1, 0.15) is 30.1 Å². The minimum absolute atomic E-state index is 0.0526. The van der Waals surface area contributed by atoms with Crippen LogP contribution in [0.4, 0.5) is 27.6 Å². The second-order valence-corrected chi connectivity index (χ2v) is 5.86. The van der Waals surface area contributed by atoms with Crippen LogP contribution in [0.15, 0.2) is 24.3 Å². The number of hydrogen-bond donors (Lipinski definition) is 1. The van der Waals surface area contributed by atoms with Gasteiger partial charge in [-0.1, -0.05) is 0 Å². The molecule has 0 radical (unpaired) electrons. The lowest BCUT2D eigenvalue weighted by atomic mass is 9.91. The van der Waals surface area contributed by atoms with Crippen molar-refractivity contribution in [3.63, 3.8) is 0 Å². The molecule has 134 valence electrons. The third-order valence-electron chi connectivity index (χ3n) is 4.21. The number of alkyl halides is 3. The molecule has 0 atom stereocenters. The monoisotopic (exact) mass is 358 g/mol. The first-order chi connectivity index (χ1) is 11.8. The summed E-state index contributed by atoms with van der Waals surface area (Å²) in [7, 11) is 0. The molecule has 2 aromatic rings. The van der Waals surface area contributed by atoms with E-state index in [2.05, 4.69) is 4.98 Å². The van der Waals surface area contributed by atoms with Gasteiger partial charge in [-0.25, -0.2) is 13.8 Å². The third kappa shape index (κ3) is 3.58. The fraction of sp³-hybridized carbons (Fsp3) is 0.353. The molecule has 0 amide bonds. The molecule has 1 aliphatic rings. The Kier molecular flexibility index (Phi) is 4.64. The van der Waals surface area contributed by atoms with Gasteiger partial charge in [-0.2, -0.15) is 13.2 Å². The van der Waals surface area contributed by atoms with E-state index < -0.39 is 23.5 Å². The van der Waals surface area contributed by atoms with Crippen LogP contribution in [0.5, 0.6) is 0 Å². The highest BCUT2D eigenvalue weighted by Gasteiger charge is 2.35. The van der Waals surface area contributed by atoms with Crippen molar-refractivity contribution in [3.05, 3.63) is 47.3 Å². The number of nitrogens with zero attached hydrogens (tertiary/aromatic N) is 1. The molecule has 1 aromatic carbocycles. The second kappa shape index (κ2) is 6.59. The first-order valence-electron chi connectivity index (χ1n) is 7.68. The minimum atomic E-state index is -4.73. The molecule has 0 spiro atoms. The average molecular weight is 358 g/mol. The van der Waals surface area contributed by atoms with Gasteiger partial charge in [-0.05, 0) is 37.1 Å². The van der Waals surface area contributed by atoms with E-state index >= 15 is 0 Å². The van der Waals surface area contributed by atoms with E-state index in [0.717, 1.165) is 18.2 Å². The molecule has 1 fully saturated rings. The molecule has 1 aliphatic heterocycles. The Balaban J connectivity index is 2.21. The predicted molar refractivity (Wildman–Crippen MR) is 81.8 cm³/mol. The van der Waals surface area contributed by atoms with Crippen LogP contribution < -0.4 is 5.73 Å². The highest BCUT2D eigenvalue weighted by Crippen LogP contribution is 2.40. The van der Waals surface area contributed by atoms with E-state index in [0.29, 0.717) is 32.1 Å². The van der Waals surface area contributed by atoms with Crippen molar-refractivity contribution in [2.24, 2.45) is 0 Å². The van der Waals surface area contributed by atoms with Gasteiger partial charge in [0.05, 0.1) is 11.4 Å². The fourth-order valence-corrected chi connectivity index (χ4v) is 2.93. The number of ether oxygens (including phenoxy) is 1. The van der Waals surface area contributed by atoms with Crippen molar-refractivity contribution in [2.45, 2.75) is 24.9 Å². The zero-order valence-electron chi connectivity index (χ0n) is 13.0. The van der Waals surface area contributed by atoms with Gasteiger partial charge in [-0.15, -0.1) is 0 Å². The van der Waals surface area contributed by atoms with Crippen LogP contribution in [0.2, 0.25) is 0 Å². The van der Waals surface area contributed by atoms with Gasteiger partial charge in [-0.3, -0.25) is 0 Å². The summed E-state index contributed by atoms with van der Waals surface area (Å²) in [6.45, 7) is 0.761. The normalized spacial score (nSPS) is 16.2. The van der Waals surface area contributed by atoms with Crippen LogP contribution in [-0.4, -0.2) is 18.2 Å². The molecule has 3 rings (SSSR count). The van der Waals surface area contributed by atoms with Crippen LogP contribution in [-0.2, 0) is 10.9 Å². The Morgan fingerprint density at radius 1 is 1.04 bits per heavy atom. The molecule has 3 nitrogen and oxygen atoms in total. The molecule has 2 N–H and O–H groups in total. The van der Waals surface area contributed by atoms with Gasteiger partial charge in [0, 0.05) is 30.3 Å². The molecular formula is C17H15F5N2O. The maximum absolute atomic E-state index is 14.1. The Bertz CT molecular complexity index is 785. The smallest absolute Gasteiger partial charge is 0.397 e. The number of nitrogen functional groups attached to an aromatic ring is 1. The number of nitrogens with two attached hydrogens (primary N) is 1. The van der Waals surface area contributed by atoms with Crippen molar-refractivity contribution in [1.29, 1.82) is 0 Å². The lowest BCUT2D eigenvalue weighted by Crippen LogP contribution is -2.19. The summed E-state index contributed by atoms with van der Waals surface area (Å²) in [6.07, 6.45) is -3.81. The highest BCUT2D eigenvalue weighted by molar-refractivity contribution is 5.79. The number of pyridine rings is 1. The van der Waals surface area contributed by atoms with Gasteiger partial charge in [0.2, 0.25) is 0 Å². The molecule has 2 heterocycles. The zero-order chi connectivity index (χ0) is 18.2. The maximum atomic E-state index is 14.1. The molecule has 8 heteroatoms. The minimum Gasteiger partial charge on any atom is -0.397 e. The molecular weight excluding hydrogens is 343 g/mol. The fourth-order valence-electron chi connectivity index (χ4n) is 2.93. The highest BCUT2D eigenvalue weighted by atomic mass is 19.4. The zero-order valence-corrected chi connectivity index (χ0v) is 13.0. The van der Waals surface area contributed by atoms with Crippen molar-refractivity contribution < 1.29 is 26.7 Å². The lowest BCUT2D eigenvalue weighted by Gasteiger charge is -2.25. The Morgan fingerprint density at radius 2 is 1.72 bits per heavy atom. The third-order valence-corrected chi connectivity index (χ3v) is 4.21. The number of rotatable bonds is 2. The summed E-state index contributed by atoms with van der Waals surface area (Å²) in [5.74, 6) is -1.95. The topological polar surface area (TPSA) is 48.1 Å². The SMILES string of the molecule is Nc1c(-c2cc(F)ccc2F)cc(C(F)(F)F)nc1C1CCOCC1. The lowest BCUT2D eigenvalue weighted by molar-refractivity contribution is -0.141. The Hall–Kier alpha value is -2.22. The Morgan fingerprint density at radius 3 is 2.36 bits per heavy atom. The largest absolute Gasteiger partial charge is 0.433 e. The van der Waals surface area contributed by atoms with E-state index in [1.807, 2.05) is 0 Å². The van der Waals surface area contributed by atoms with Crippen molar-refractivity contribution in [1.82, 2.24) is 4.98 Å². The summed E-state index contributed by atoms with van der Waals surface area (Å²) < 4.78 is 72.5. The molecule has 0 aliphatic carbocycles. The number of benzene rings is 1. The van der Waals surface area contributed by atoms with Crippen LogP contribution >= 0.6 is 0 Å². The number of halogens is 5. The molecule has 25 heavy (non-hydrogen) atoms. The van der Waals surface area contributed by atoms with E-state index in [9.17, 15) is 22.0 Å². The number of hydrogen-bond acceptors (Lipinski definition) is 3. The van der Waals surface area contributed by atoms with Crippen molar-refractivity contribution in [3.8, 4) is 11.1 Å².